The van der Waals surface area contributed by atoms with Crippen molar-refractivity contribution in [2.24, 2.45) is 0 Å². The minimum atomic E-state index is -0.630. The number of nitrogens with zero attached hydrogens (tertiary/aromatic N) is 1. The lowest BCUT2D eigenvalue weighted by Gasteiger charge is -2.11. The van der Waals surface area contributed by atoms with Crippen LogP contribution in [-0.2, 0) is 0 Å². The van der Waals surface area contributed by atoms with Crippen LogP contribution in [0.2, 0.25) is 5.02 Å². The highest BCUT2D eigenvalue weighted by molar-refractivity contribution is 6.30. The summed E-state index contributed by atoms with van der Waals surface area (Å²) in [5, 5.41) is 4.88. The summed E-state index contributed by atoms with van der Waals surface area (Å²) in [6, 6.07) is 20.1. The molecule has 5 heteroatoms. The van der Waals surface area contributed by atoms with Crippen LogP contribution in [0.25, 0.3) is 22.2 Å². The number of benzene rings is 3. The molecule has 3 aromatic carbocycles. The summed E-state index contributed by atoms with van der Waals surface area (Å²) in [6.07, 6.45) is 0. The number of aromatic nitrogens is 1. The Morgan fingerprint density at radius 2 is 1.54 bits per heavy atom. The van der Waals surface area contributed by atoms with E-state index in [0.29, 0.717) is 21.8 Å². The maximum Gasteiger partial charge on any atom is 0.126 e. The van der Waals surface area contributed by atoms with Crippen LogP contribution in [0.3, 0.4) is 0 Å². The first-order valence-electron chi connectivity index (χ1n) is 7.97. The first-order chi connectivity index (χ1) is 12.6. The molecule has 4 aromatic rings. The molecule has 1 N–H and O–H groups in total. The highest BCUT2D eigenvalue weighted by Crippen LogP contribution is 2.29. The Labute approximate surface area is 154 Å². The van der Waals surface area contributed by atoms with E-state index in [1.807, 2.05) is 36.4 Å². The first-order valence-corrected chi connectivity index (χ1v) is 8.35. The van der Waals surface area contributed by atoms with Gasteiger partial charge in [-0.05, 0) is 48.5 Å². The Balaban J connectivity index is 1.80. The zero-order chi connectivity index (χ0) is 18.1. The Hall–Kier alpha value is -2.98. The molecule has 0 unspecified atom stereocenters. The summed E-state index contributed by atoms with van der Waals surface area (Å²) >= 11 is 5.92. The maximum absolute atomic E-state index is 13.5. The van der Waals surface area contributed by atoms with Crippen LogP contribution in [0.4, 0.5) is 20.2 Å². The van der Waals surface area contributed by atoms with Gasteiger partial charge < -0.3 is 5.32 Å². The topological polar surface area (TPSA) is 24.9 Å². The second-order valence-corrected chi connectivity index (χ2v) is 6.30. The summed E-state index contributed by atoms with van der Waals surface area (Å²) in [5.41, 5.74) is 3.27. The van der Waals surface area contributed by atoms with Crippen LogP contribution >= 0.6 is 11.6 Å². The van der Waals surface area contributed by atoms with Crippen molar-refractivity contribution < 1.29 is 8.78 Å². The van der Waals surface area contributed by atoms with E-state index < -0.39 is 11.6 Å². The van der Waals surface area contributed by atoms with Gasteiger partial charge in [-0.3, -0.25) is 0 Å². The molecule has 0 saturated carbocycles. The summed E-state index contributed by atoms with van der Waals surface area (Å²) in [6.45, 7) is 0. The molecule has 0 aliphatic rings. The molecule has 1 aromatic heterocycles. The molecule has 2 nitrogen and oxygen atoms in total. The van der Waals surface area contributed by atoms with Gasteiger partial charge in [0.2, 0.25) is 0 Å². The minimum absolute atomic E-state index is 0.394. The fourth-order valence-electron chi connectivity index (χ4n) is 2.80. The molecule has 1 heterocycles. The summed E-state index contributed by atoms with van der Waals surface area (Å²) in [5.74, 6) is -1.26. The number of fused-ring (bicyclic) bond motifs is 1. The van der Waals surface area contributed by atoms with Crippen LogP contribution < -0.4 is 5.32 Å². The van der Waals surface area contributed by atoms with Gasteiger partial charge in [0.05, 0.1) is 16.9 Å². The molecule has 0 aliphatic heterocycles. The van der Waals surface area contributed by atoms with E-state index in [4.69, 9.17) is 11.6 Å². The Kier molecular flexibility index (Phi) is 4.27. The van der Waals surface area contributed by atoms with Gasteiger partial charge in [0, 0.05) is 27.7 Å². The van der Waals surface area contributed by atoms with E-state index in [1.165, 1.54) is 12.1 Å². The number of hydrogen-bond donors (Lipinski definition) is 1. The average Bonchev–Trinajstić information content (AvgIpc) is 2.63. The van der Waals surface area contributed by atoms with Gasteiger partial charge in [0.1, 0.15) is 11.6 Å². The number of pyridine rings is 1. The number of hydrogen-bond acceptors (Lipinski definition) is 2. The zero-order valence-electron chi connectivity index (χ0n) is 13.5. The quantitative estimate of drug-likeness (QED) is 0.443. The first kappa shape index (κ1) is 16.5. The lowest BCUT2D eigenvalue weighted by atomic mass is 10.1. The molecule has 0 amide bonds. The molecule has 128 valence electrons. The van der Waals surface area contributed by atoms with E-state index in [2.05, 4.69) is 10.3 Å². The maximum atomic E-state index is 13.5. The van der Waals surface area contributed by atoms with Crippen molar-refractivity contribution >= 4 is 33.9 Å². The van der Waals surface area contributed by atoms with Gasteiger partial charge in [-0.25, -0.2) is 13.8 Å². The highest BCUT2D eigenvalue weighted by Gasteiger charge is 2.08. The lowest BCUT2D eigenvalue weighted by Crippen LogP contribution is -1.94. The predicted octanol–water partition coefficient (Wildman–Crippen LogP) is 6.58. The molecule has 0 atom stereocenters. The Morgan fingerprint density at radius 1 is 0.808 bits per heavy atom. The monoisotopic (exact) mass is 366 g/mol. The molecular formula is C21H13ClF2N2. The van der Waals surface area contributed by atoms with E-state index in [0.717, 1.165) is 22.8 Å². The van der Waals surface area contributed by atoms with Crippen LogP contribution in [0.1, 0.15) is 0 Å². The molecule has 0 bridgehead atoms. The van der Waals surface area contributed by atoms with E-state index in [9.17, 15) is 8.78 Å². The second-order valence-electron chi connectivity index (χ2n) is 5.86. The lowest BCUT2D eigenvalue weighted by molar-refractivity contribution is 0.584. The van der Waals surface area contributed by atoms with Crippen molar-refractivity contribution in [2.75, 3.05) is 5.32 Å². The fourth-order valence-corrected chi connectivity index (χ4v) is 2.93. The highest BCUT2D eigenvalue weighted by atomic mass is 35.5. The summed E-state index contributed by atoms with van der Waals surface area (Å²) < 4.78 is 27.1. The second kappa shape index (κ2) is 6.73. The molecule has 0 fully saturated rings. The standard InChI is InChI=1S/C21H13ClF2N2/c22-15-5-7-18(8-6-15)25-20-3-1-2-13-4-9-19(26-21(13)20)14-10-16(23)12-17(24)11-14/h1-12,25H. The van der Waals surface area contributed by atoms with Crippen LogP contribution in [-0.4, -0.2) is 4.98 Å². The third kappa shape index (κ3) is 3.37. The zero-order valence-corrected chi connectivity index (χ0v) is 14.3. The van der Waals surface area contributed by atoms with Crippen molar-refractivity contribution in [1.82, 2.24) is 4.98 Å². The van der Waals surface area contributed by atoms with Gasteiger partial charge in [0.15, 0.2) is 0 Å². The van der Waals surface area contributed by atoms with Gasteiger partial charge >= 0.3 is 0 Å². The third-order valence-electron chi connectivity index (χ3n) is 4.00. The van der Waals surface area contributed by atoms with Crippen molar-refractivity contribution in [3.8, 4) is 11.3 Å². The van der Waals surface area contributed by atoms with E-state index in [1.54, 1.807) is 18.2 Å². The van der Waals surface area contributed by atoms with Crippen molar-refractivity contribution in [2.45, 2.75) is 0 Å². The van der Waals surface area contributed by atoms with Crippen LogP contribution in [0.5, 0.6) is 0 Å². The average molecular weight is 367 g/mol. The third-order valence-corrected chi connectivity index (χ3v) is 4.25. The summed E-state index contributed by atoms with van der Waals surface area (Å²) in [4.78, 5) is 4.62. The van der Waals surface area contributed by atoms with Crippen molar-refractivity contribution in [3.63, 3.8) is 0 Å². The summed E-state index contributed by atoms with van der Waals surface area (Å²) in [7, 11) is 0. The minimum Gasteiger partial charge on any atom is -0.354 e. The smallest absolute Gasteiger partial charge is 0.126 e. The largest absolute Gasteiger partial charge is 0.354 e. The fraction of sp³-hybridized carbons (Fsp3) is 0. The number of anilines is 2. The van der Waals surface area contributed by atoms with Gasteiger partial charge in [0.25, 0.3) is 0 Å². The molecule has 26 heavy (non-hydrogen) atoms. The van der Waals surface area contributed by atoms with E-state index in [-0.39, 0.29) is 0 Å². The molecular weight excluding hydrogens is 354 g/mol. The van der Waals surface area contributed by atoms with Crippen molar-refractivity contribution in [3.05, 3.63) is 89.5 Å². The molecule has 0 spiro atoms. The normalized spacial score (nSPS) is 10.9. The molecule has 0 saturated heterocycles. The SMILES string of the molecule is Fc1cc(F)cc(-c2ccc3cccc(Nc4ccc(Cl)cc4)c3n2)c1. The number of para-hydroxylation sites is 1. The number of nitrogens with one attached hydrogen (secondary N) is 1. The molecule has 0 radical (unpaired) electrons. The van der Waals surface area contributed by atoms with Gasteiger partial charge in [-0.2, -0.15) is 0 Å². The molecule has 0 aliphatic carbocycles. The number of rotatable bonds is 3. The van der Waals surface area contributed by atoms with Gasteiger partial charge in [-0.1, -0.05) is 29.8 Å². The van der Waals surface area contributed by atoms with E-state index >= 15 is 0 Å². The van der Waals surface area contributed by atoms with Crippen LogP contribution in [0, 0.1) is 11.6 Å². The Morgan fingerprint density at radius 3 is 2.27 bits per heavy atom. The van der Waals surface area contributed by atoms with Crippen LogP contribution in [0.15, 0.2) is 72.8 Å². The Bertz CT molecular complexity index is 1070. The molecule has 4 rings (SSSR count). The predicted molar refractivity (Wildman–Crippen MR) is 102 cm³/mol. The van der Waals surface area contributed by atoms with Gasteiger partial charge in [-0.15, -0.1) is 0 Å². The van der Waals surface area contributed by atoms with Crippen molar-refractivity contribution in [1.29, 1.82) is 0 Å². The number of halogens is 3.